The predicted molar refractivity (Wildman–Crippen MR) is 86.0 cm³/mol. The van der Waals surface area contributed by atoms with E-state index in [2.05, 4.69) is 49.7 Å². The summed E-state index contributed by atoms with van der Waals surface area (Å²) >= 11 is 3.54. The Bertz CT molecular complexity index is 478. The third-order valence-corrected chi connectivity index (χ3v) is 4.27. The Morgan fingerprint density at radius 1 is 1.40 bits per heavy atom. The summed E-state index contributed by atoms with van der Waals surface area (Å²) in [5.74, 6) is 0.111. The van der Waals surface area contributed by atoms with Gasteiger partial charge in [-0.25, -0.2) is 0 Å². The summed E-state index contributed by atoms with van der Waals surface area (Å²) in [7, 11) is 3.66. The van der Waals surface area contributed by atoms with Crippen molar-refractivity contribution in [3.05, 3.63) is 28.2 Å². The van der Waals surface area contributed by atoms with Crippen molar-refractivity contribution in [2.45, 2.75) is 31.8 Å². The lowest BCUT2D eigenvalue weighted by Crippen LogP contribution is -2.49. The number of carbonyl (C=O) groups excluding carboxylic acids is 1. The van der Waals surface area contributed by atoms with Gasteiger partial charge in [-0.05, 0) is 44.0 Å². The van der Waals surface area contributed by atoms with Crippen LogP contribution in [0.3, 0.4) is 0 Å². The monoisotopic (exact) mass is 339 g/mol. The van der Waals surface area contributed by atoms with Gasteiger partial charge in [0.25, 0.3) is 0 Å². The fourth-order valence-corrected chi connectivity index (χ4v) is 3.15. The zero-order valence-corrected chi connectivity index (χ0v) is 13.7. The Kier molecular flexibility index (Phi) is 5.43. The Hall–Kier alpha value is -1.07. The molecule has 0 aliphatic carbocycles. The number of likely N-dealkylation sites (N-methyl/N-ethyl adjacent to an activating group) is 1. The highest BCUT2D eigenvalue weighted by atomic mass is 79.9. The van der Waals surface area contributed by atoms with Crippen molar-refractivity contribution in [2.75, 3.05) is 25.5 Å². The number of benzene rings is 1. The van der Waals surface area contributed by atoms with E-state index in [1.54, 1.807) is 7.05 Å². The Balaban J connectivity index is 2.35. The minimum atomic E-state index is -0.0568. The lowest BCUT2D eigenvalue weighted by molar-refractivity contribution is -0.122. The van der Waals surface area contributed by atoms with E-state index in [0.717, 1.165) is 42.5 Å². The first-order valence-corrected chi connectivity index (χ1v) is 7.88. The van der Waals surface area contributed by atoms with Crippen molar-refractivity contribution in [3.63, 3.8) is 0 Å². The van der Waals surface area contributed by atoms with E-state index in [0.29, 0.717) is 0 Å². The summed E-state index contributed by atoms with van der Waals surface area (Å²) in [5.41, 5.74) is 2.38. The van der Waals surface area contributed by atoms with Crippen LogP contribution < -0.4 is 15.5 Å². The van der Waals surface area contributed by atoms with Gasteiger partial charge in [-0.1, -0.05) is 22.0 Å². The molecule has 0 aromatic heterocycles. The Labute approximate surface area is 129 Å². The van der Waals surface area contributed by atoms with Crippen molar-refractivity contribution >= 4 is 27.5 Å². The van der Waals surface area contributed by atoms with E-state index >= 15 is 0 Å². The number of piperidine rings is 1. The fourth-order valence-electron chi connectivity index (χ4n) is 2.80. The van der Waals surface area contributed by atoms with Gasteiger partial charge in [0.05, 0.1) is 0 Å². The zero-order chi connectivity index (χ0) is 14.5. The molecule has 0 spiro atoms. The first-order valence-electron chi connectivity index (χ1n) is 7.08. The van der Waals surface area contributed by atoms with Gasteiger partial charge >= 0.3 is 0 Å². The van der Waals surface area contributed by atoms with Crippen molar-refractivity contribution in [1.82, 2.24) is 10.6 Å². The van der Waals surface area contributed by atoms with Crippen LogP contribution in [0.25, 0.3) is 0 Å². The molecule has 110 valence electrons. The van der Waals surface area contributed by atoms with Crippen LogP contribution in [0.1, 0.15) is 24.8 Å². The average Bonchev–Trinajstić information content (AvgIpc) is 2.48. The quantitative estimate of drug-likeness (QED) is 0.884. The number of anilines is 1. The fraction of sp³-hybridized carbons (Fsp3) is 0.533. The molecule has 5 heteroatoms. The van der Waals surface area contributed by atoms with Gasteiger partial charge in [0, 0.05) is 30.3 Å². The predicted octanol–water partition coefficient (Wildman–Crippen LogP) is 2.27. The molecule has 4 nitrogen and oxygen atoms in total. The summed E-state index contributed by atoms with van der Waals surface area (Å²) < 4.78 is 1.05. The summed E-state index contributed by atoms with van der Waals surface area (Å²) in [4.78, 5) is 14.4. The van der Waals surface area contributed by atoms with Crippen molar-refractivity contribution in [3.8, 4) is 0 Å². The van der Waals surface area contributed by atoms with Gasteiger partial charge in [-0.15, -0.1) is 0 Å². The molecule has 1 amide bonds. The van der Waals surface area contributed by atoms with Crippen LogP contribution in [-0.4, -0.2) is 32.6 Å². The number of nitrogens with one attached hydrogen (secondary N) is 2. The molecule has 1 fully saturated rings. The second-order valence-electron chi connectivity index (χ2n) is 5.12. The van der Waals surface area contributed by atoms with E-state index in [9.17, 15) is 4.79 Å². The molecule has 0 saturated carbocycles. The molecule has 1 atom stereocenters. The van der Waals surface area contributed by atoms with E-state index < -0.39 is 0 Å². The van der Waals surface area contributed by atoms with E-state index in [-0.39, 0.29) is 11.9 Å². The second-order valence-corrected chi connectivity index (χ2v) is 6.04. The smallest absolute Gasteiger partial charge is 0.242 e. The SMILES string of the molecule is CNCc1ccc(Br)cc1N1CCCCC1C(=O)NC. The molecular formula is C15H22BrN3O. The molecule has 1 heterocycles. The number of hydrogen-bond acceptors (Lipinski definition) is 3. The molecule has 1 aromatic carbocycles. The number of amides is 1. The molecule has 1 saturated heterocycles. The van der Waals surface area contributed by atoms with Crippen molar-refractivity contribution < 1.29 is 4.79 Å². The molecule has 2 rings (SSSR count). The lowest BCUT2D eigenvalue weighted by atomic mass is 9.99. The Morgan fingerprint density at radius 2 is 2.20 bits per heavy atom. The van der Waals surface area contributed by atoms with E-state index in [1.807, 2.05) is 7.05 Å². The third-order valence-electron chi connectivity index (χ3n) is 3.78. The highest BCUT2D eigenvalue weighted by Gasteiger charge is 2.29. The molecular weight excluding hydrogens is 318 g/mol. The van der Waals surface area contributed by atoms with Crippen LogP contribution in [0.2, 0.25) is 0 Å². The third kappa shape index (κ3) is 3.33. The average molecular weight is 340 g/mol. The van der Waals surface area contributed by atoms with Gasteiger partial charge in [0.15, 0.2) is 0 Å². The second kappa shape index (κ2) is 7.09. The zero-order valence-electron chi connectivity index (χ0n) is 12.1. The summed E-state index contributed by atoms with van der Waals surface area (Å²) in [6.07, 6.45) is 3.17. The maximum absolute atomic E-state index is 12.1. The van der Waals surface area contributed by atoms with Gasteiger partial charge in [0.1, 0.15) is 6.04 Å². The molecule has 20 heavy (non-hydrogen) atoms. The first-order chi connectivity index (χ1) is 9.67. The molecule has 1 aliphatic rings. The first kappa shape index (κ1) is 15.3. The highest BCUT2D eigenvalue weighted by molar-refractivity contribution is 9.10. The maximum atomic E-state index is 12.1. The van der Waals surface area contributed by atoms with Crippen molar-refractivity contribution in [2.24, 2.45) is 0 Å². The standard InChI is InChI=1S/C15H22BrN3O/c1-17-10-11-6-7-12(16)9-14(11)19-8-4-3-5-13(19)15(20)18-2/h6-7,9,13,17H,3-5,8,10H2,1-2H3,(H,18,20). The van der Waals surface area contributed by atoms with Gasteiger partial charge < -0.3 is 15.5 Å². The van der Waals surface area contributed by atoms with Crippen LogP contribution in [0.15, 0.2) is 22.7 Å². The normalized spacial score (nSPS) is 18.9. The van der Waals surface area contributed by atoms with Gasteiger partial charge in [-0.2, -0.15) is 0 Å². The number of halogens is 1. The summed E-state index contributed by atoms with van der Waals surface area (Å²) in [5, 5.41) is 5.99. The van der Waals surface area contributed by atoms with Crippen LogP contribution in [0.5, 0.6) is 0 Å². The molecule has 1 aromatic rings. The van der Waals surface area contributed by atoms with Crippen LogP contribution >= 0.6 is 15.9 Å². The minimum absolute atomic E-state index is 0.0568. The lowest BCUT2D eigenvalue weighted by Gasteiger charge is -2.37. The maximum Gasteiger partial charge on any atom is 0.242 e. The van der Waals surface area contributed by atoms with Crippen LogP contribution in [0.4, 0.5) is 5.69 Å². The Morgan fingerprint density at radius 3 is 2.90 bits per heavy atom. The number of carbonyl (C=O) groups is 1. The van der Waals surface area contributed by atoms with E-state index in [1.165, 1.54) is 5.56 Å². The molecule has 0 bridgehead atoms. The number of hydrogen-bond donors (Lipinski definition) is 2. The minimum Gasteiger partial charge on any atom is -0.359 e. The van der Waals surface area contributed by atoms with Gasteiger partial charge in [-0.3, -0.25) is 4.79 Å². The van der Waals surface area contributed by atoms with Crippen LogP contribution in [0, 0.1) is 0 Å². The van der Waals surface area contributed by atoms with Crippen LogP contribution in [-0.2, 0) is 11.3 Å². The number of nitrogens with zero attached hydrogens (tertiary/aromatic N) is 1. The number of rotatable bonds is 4. The molecule has 1 unspecified atom stereocenters. The van der Waals surface area contributed by atoms with Gasteiger partial charge in [0.2, 0.25) is 5.91 Å². The highest BCUT2D eigenvalue weighted by Crippen LogP contribution is 2.30. The molecule has 0 radical (unpaired) electrons. The summed E-state index contributed by atoms with van der Waals surface area (Å²) in [6.45, 7) is 1.74. The van der Waals surface area contributed by atoms with Crippen molar-refractivity contribution in [1.29, 1.82) is 0 Å². The van der Waals surface area contributed by atoms with E-state index in [4.69, 9.17) is 0 Å². The molecule has 2 N–H and O–H groups in total. The largest absolute Gasteiger partial charge is 0.359 e. The topological polar surface area (TPSA) is 44.4 Å². The summed E-state index contributed by atoms with van der Waals surface area (Å²) in [6, 6.07) is 6.23. The molecule has 1 aliphatic heterocycles.